The molecule has 0 heterocycles. The Balaban J connectivity index is 2.95. The maximum absolute atomic E-state index is 10.8. The molecule has 3 N–H and O–H groups in total. The second-order valence-corrected chi connectivity index (χ2v) is 4.96. The lowest BCUT2D eigenvalue weighted by atomic mass is 10.1. The molecule has 0 bridgehead atoms. The molecule has 0 unspecified atom stereocenters. The van der Waals surface area contributed by atoms with Gasteiger partial charge in [-0.05, 0) is 24.1 Å². The van der Waals surface area contributed by atoms with Crippen LogP contribution in [0.4, 0.5) is 11.4 Å². The van der Waals surface area contributed by atoms with Crippen LogP contribution in [0.3, 0.4) is 0 Å². The van der Waals surface area contributed by atoms with Gasteiger partial charge in [0.2, 0.25) is 0 Å². The molecule has 0 saturated heterocycles. The van der Waals surface area contributed by atoms with Gasteiger partial charge in [0.15, 0.2) is 0 Å². The van der Waals surface area contributed by atoms with Crippen LogP contribution in [0.2, 0.25) is 0 Å². The van der Waals surface area contributed by atoms with E-state index in [1.54, 1.807) is 12.1 Å². The molecule has 0 aliphatic rings. The third kappa shape index (κ3) is 4.50. The van der Waals surface area contributed by atoms with Gasteiger partial charge in [0.1, 0.15) is 0 Å². The van der Waals surface area contributed by atoms with Crippen LogP contribution >= 0.6 is 0 Å². The number of nitrogens with one attached hydrogen (secondary N) is 1. The largest absolute Gasteiger partial charge is 0.324 e. The van der Waals surface area contributed by atoms with Gasteiger partial charge >= 0.3 is 0 Å². The van der Waals surface area contributed by atoms with Crippen molar-refractivity contribution in [2.45, 2.75) is 27.3 Å². The highest BCUT2D eigenvalue weighted by Crippen LogP contribution is 2.23. The number of nitro benzene ring substituents is 1. The summed E-state index contributed by atoms with van der Waals surface area (Å²) in [5.74, 6) is 6.01. The van der Waals surface area contributed by atoms with Crippen LogP contribution in [0.5, 0.6) is 0 Å². The summed E-state index contributed by atoms with van der Waals surface area (Å²) in [4.78, 5) is 12.7. The fourth-order valence-corrected chi connectivity index (χ4v) is 2.03. The van der Waals surface area contributed by atoms with Crippen molar-refractivity contribution in [3.63, 3.8) is 0 Å². The Morgan fingerprint density at radius 2 is 2.16 bits per heavy atom. The van der Waals surface area contributed by atoms with Crippen LogP contribution in [0.15, 0.2) is 18.2 Å². The van der Waals surface area contributed by atoms with E-state index in [1.807, 2.05) is 0 Å². The predicted molar refractivity (Wildman–Crippen MR) is 76.7 cm³/mol. The summed E-state index contributed by atoms with van der Waals surface area (Å²) in [7, 11) is 0. The Morgan fingerprint density at radius 3 is 2.63 bits per heavy atom. The van der Waals surface area contributed by atoms with Crippen LogP contribution in [0.25, 0.3) is 0 Å². The van der Waals surface area contributed by atoms with Crippen LogP contribution < -0.4 is 11.3 Å². The molecule has 0 fully saturated rings. The quantitative estimate of drug-likeness (QED) is 0.449. The maximum Gasteiger partial charge on any atom is 0.269 e. The van der Waals surface area contributed by atoms with Crippen molar-refractivity contribution in [3.8, 4) is 0 Å². The van der Waals surface area contributed by atoms with Gasteiger partial charge in [-0.25, -0.2) is 0 Å². The Labute approximate surface area is 113 Å². The summed E-state index contributed by atoms with van der Waals surface area (Å²) in [6.45, 7) is 8.87. The number of anilines is 1. The molecule has 0 aromatic heterocycles. The molecule has 0 amide bonds. The topological polar surface area (TPSA) is 84.4 Å². The van der Waals surface area contributed by atoms with E-state index in [1.165, 1.54) is 6.07 Å². The van der Waals surface area contributed by atoms with Crippen molar-refractivity contribution in [2.75, 3.05) is 18.5 Å². The number of nitrogens with zero attached hydrogens (tertiary/aromatic N) is 2. The molecule has 0 saturated carbocycles. The van der Waals surface area contributed by atoms with E-state index in [-0.39, 0.29) is 10.6 Å². The van der Waals surface area contributed by atoms with Crippen LogP contribution in [0.1, 0.15) is 26.3 Å². The van der Waals surface area contributed by atoms with Gasteiger partial charge in [0.05, 0.1) is 10.6 Å². The summed E-state index contributed by atoms with van der Waals surface area (Å²) < 4.78 is 0. The molecule has 0 radical (unpaired) electrons. The second kappa shape index (κ2) is 7.06. The van der Waals surface area contributed by atoms with Crippen molar-refractivity contribution in [2.24, 2.45) is 11.8 Å². The first-order valence-electron chi connectivity index (χ1n) is 6.44. The first kappa shape index (κ1) is 15.4. The molecule has 6 heteroatoms. The average Bonchev–Trinajstić information content (AvgIpc) is 2.37. The molecule has 1 rings (SSSR count). The van der Waals surface area contributed by atoms with Crippen molar-refractivity contribution in [1.29, 1.82) is 0 Å². The van der Waals surface area contributed by atoms with Crippen LogP contribution in [-0.2, 0) is 6.54 Å². The molecule has 0 aliphatic carbocycles. The Morgan fingerprint density at radius 1 is 1.47 bits per heavy atom. The van der Waals surface area contributed by atoms with E-state index in [0.717, 1.165) is 24.3 Å². The van der Waals surface area contributed by atoms with E-state index in [9.17, 15) is 10.1 Å². The minimum Gasteiger partial charge on any atom is -0.324 e. The zero-order chi connectivity index (χ0) is 14.4. The summed E-state index contributed by atoms with van der Waals surface area (Å²) in [5.41, 5.74) is 4.26. The minimum absolute atomic E-state index is 0.0922. The molecule has 19 heavy (non-hydrogen) atoms. The van der Waals surface area contributed by atoms with E-state index in [2.05, 4.69) is 31.1 Å². The first-order valence-corrected chi connectivity index (χ1v) is 6.44. The van der Waals surface area contributed by atoms with E-state index in [4.69, 9.17) is 5.84 Å². The van der Waals surface area contributed by atoms with Gasteiger partial charge in [-0.1, -0.05) is 20.8 Å². The number of rotatable bonds is 7. The SMILES string of the molecule is CCN(Cc1cc([N+](=O)[O-])ccc1NN)CC(C)C. The molecular formula is C13H22N4O2. The molecule has 106 valence electrons. The smallest absolute Gasteiger partial charge is 0.269 e. The van der Waals surface area contributed by atoms with Crippen molar-refractivity contribution in [3.05, 3.63) is 33.9 Å². The third-order valence-electron chi connectivity index (χ3n) is 2.92. The molecular weight excluding hydrogens is 244 g/mol. The van der Waals surface area contributed by atoms with Gasteiger partial charge in [-0.15, -0.1) is 0 Å². The van der Waals surface area contributed by atoms with Gasteiger partial charge in [0.25, 0.3) is 5.69 Å². The number of benzene rings is 1. The molecule has 1 aromatic rings. The number of nitrogens with two attached hydrogens (primary N) is 1. The van der Waals surface area contributed by atoms with Crippen LogP contribution in [0, 0.1) is 16.0 Å². The summed E-state index contributed by atoms with van der Waals surface area (Å²) in [6.07, 6.45) is 0. The highest BCUT2D eigenvalue weighted by Gasteiger charge is 2.13. The van der Waals surface area contributed by atoms with Crippen molar-refractivity contribution in [1.82, 2.24) is 4.90 Å². The first-order chi connectivity index (χ1) is 8.97. The zero-order valence-electron chi connectivity index (χ0n) is 11.7. The van der Waals surface area contributed by atoms with Gasteiger partial charge in [-0.3, -0.25) is 20.9 Å². The fourth-order valence-electron chi connectivity index (χ4n) is 2.03. The number of nitrogen functional groups attached to an aromatic ring is 1. The molecule has 1 aromatic carbocycles. The number of non-ortho nitro benzene ring substituents is 1. The number of hydrazine groups is 1. The van der Waals surface area contributed by atoms with E-state index >= 15 is 0 Å². The fraction of sp³-hybridized carbons (Fsp3) is 0.538. The Kier molecular flexibility index (Phi) is 5.72. The molecule has 0 aliphatic heterocycles. The predicted octanol–water partition coefficient (Wildman–Crippen LogP) is 2.36. The lowest BCUT2D eigenvalue weighted by Gasteiger charge is -2.23. The number of nitro groups is 1. The Hall–Kier alpha value is -1.66. The Bertz CT molecular complexity index is 435. The van der Waals surface area contributed by atoms with Crippen molar-refractivity contribution >= 4 is 11.4 Å². The highest BCUT2D eigenvalue weighted by molar-refractivity contribution is 5.55. The highest BCUT2D eigenvalue weighted by atomic mass is 16.6. The minimum atomic E-state index is -0.386. The van der Waals surface area contributed by atoms with E-state index in [0.29, 0.717) is 12.5 Å². The lowest BCUT2D eigenvalue weighted by molar-refractivity contribution is -0.384. The third-order valence-corrected chi connectivity index (χ3v) is 2.92. The monoisotopic (exact) mass is 266 g/mol. The lowest BCUT2D eigenvalue weighted by Crippen LogP contribution is -2.27. The van der Waals surface area contributed by atoms with Crippen molar-refractivity contribution < 1.29 is 4.92 Å². The molecule has 0 atom stereocenters. The zero-order valence-corrected chi connectivity index (χ0v) is 11.7. The summed E-state index contributed by atoms with van der Waals surface area (Å²) in [5, 5.41) is 10.8. The second-order valence-electron chi connectivity index (χ2n) is 4.96. The number of hydrogen-bond acceptors (Lipinski definition) is 5. The average molecular weight is 266 g/mol. The molecule has 0 spiro atoms. The molecule has 6 nitrogen and oxygen atoms in total. The van der Waals surface area contributed by atoms with Crippen LogP contribution in [-0.4, -0.2) is 22.9 Å². The number of hydrogen-bond donors (Lipinski definition) is 2. The normalized spacial score (nSPS) is 11.1. The standard InChI is InChI=1S/C13H22N4O2/c1-4-16(8-10(2)3)9-11-7-12(17(18)19)5-6-13(11)15-14/h5-7,10,15H,4,8-9,14H2,1-3H3. The van der Waals surface area contributed by atoms with Gasteiger partial charge < -0.3 is 5.43 Å². The maximum atomic E-state index is 10.8. The van der Waals surface area contributed by atoms with Gasteiger partial charge in [0, 0.05) is 25.2 Å². The summed E-state index contributed by atoms with van der Waals surface area (Å²) in [6, 6.07) is 4.69. The van der Waals surface area contributed by atoms with Gasteiger partial charge in [-0.2, -0.15) is 0 Å². The summed E-state index contributed by atoms with van der Waals surface area (Å²) >= 11 is 0. The van der Waals surface area contributed by atoms with E-state index < -0.39 is 0 Å².